The Hall–Kier alpha value is -2.01. The molecule has 2 aromatic rings. The second-order valence-corrected chi connectivity index (χ2v) is 5.09. The number of hydrogen-bond donors (Lipinski definition) is 1. The molecule has 0 spiro atoms. The minimum absolute atomic E-state index is 0.240. The van der Waals surface area contributed by atoms with Crippen molar-refractivity contribution in [2.24, 2.45) is 7.05 Å². The van der Waals surface area contributed by atoms with E-state index >= 15 is 0 Å². The molecule has 0 aliphatic carbocycles. The first-order chi connectivity index (χ1) is 9.65. The summed E-state index contributed by atoms with van der Waals surface area (Å²) >= 11 is 0. The van der Waals surface area contributed by atoms with E-state index in [1.165, 1.54) is 16.8 Å². The van der Waals surface area contributed by atoms with E-state index in [2.05, 4.69) is 30.3 Å². The van der Waals surface area contributed by atoms with E-state index in [1.54, 1.807) is 0 Å². The Morgan fingerprint density at radius 1 is 1.35 bits per heavy atom. The quantitative estimate of drug-likeness (QED) is 0.928. The highest BCUT2D eigenvalue weighted by molar-refractivity contribution is 5.45. The monoisotopic (exact) mass is 273 g/mol. The Labute approximate surface area is 118 Å². The number of fused-ring (bicyclic) bond motifs is 1. The fraction of sp³-hybridized carbons (Fsp3) is 0.400. The van der Waals surface area contributed by atoms with Crippen LogP contribution in [0.3, 0.4) is 0 Å². The van der Waals surface area contributed by atoms with Crippen LogP contribution < -0.4 is 14.8 Å². The second-order valence-electron chi connectivity index (χ2n) is 5.09. The molecule has 1 N–H and O–H groups in total. The summed E-state index contributed by atoms with van der Waals surface area (Å²) < 4.78 is 12.6. The lowest BCUT2D eigenvalue weighted by molar-refractivity contribution is 0.174. The zero-order valence-electron chi connectivity index (χ0n) is 12.0. The largest absolute Gasteiger partial charge is 0.454 e. The van der Waals surface area contributed by atoms with Gasteiger partial charge in [-0.05, 0) is 31.5 Å². The summed E-state index contributed by atoms with van der Waals surface area (Å²) in [5, 5.41) is 7.77. The topological polar surface area (TPSA) is 48.3 Å². The van der Waals surface area contributed by atoms with Gasteiger partial charge in [0.05, 0.1) is 6.20 Å². The Morgan fingerprint density at radius 2 is 2.15 bits per heavy atom. The van der Waals surface area contributed by atoms with Gasteiger partial charge in [0.1, 0.15) is 0 Å². The summed E-state index contributed by atoms with van der Waals surface area (Å²) in [6, 6.07) is 6.31. The van der Waals surface area contributed by atoms with Crippen molar-refractivity contribution >= 4 is 0 Å². The first kappa shape index (κ1) is 13.0. The van der Waals surface area contributed by atoms with Gasteiger partial charge in [0, 0.05) is 30.9 Å². The molecular formula is C15H19N3O2. The molecule has 1 aromatic heterocycles. The molecule has 106 valence electrons. The molecule has 1 unspecified atom stereocenters. The SMILES string of the molecule is Cc1c(CNC(C)c2ccc3c(c2)OCO3)cnn1C. The van der Waals surface area contributed by atoms with Gasteiger partial charge < -0.3 is 14.8 Å². The van der Waals surface area contributed by atoms with Crippen molar-refractivity contribution in [3.05, 3.63) is 41.2 Å². The van der Waals surface area contributed by atoms with E-state index in [1.807, 2.05) is 30.1 Å². The zero-order chi connectivity index (χ0) is 14.1. The lowest BCUT2D eigenvalue weighted by Gasteiger charge is -2.14. The maximum atomic E-state index is 5.41. The minimum atomic E-state index is 0.240. The summed E-state index contributed by atoms with van der Waals surface area (Å²) in [6.07, 6.45) is 1.91. The van der Waals surface area contributed by atoms with Gasteiger partial charge in [-0.3, -0.25) is 4.68 Å². The number of nitrogens with one attached hydrogen (secondary N) is 1. The number of aromatic nitrogens is 2. The maximum Gasteiger partial charge on any atom is 0.231 e. The van der Waals surface area contributed by atoms with Crippen molar-refractivity contribution in [3.8, 4) is 11.5 Å². The highest BCUT2D eigenvalue weighted by Gasteiger charge is 2.15. The van der Waals surface area contributed by atoms with Gasteiger partial charge in [-0.25, -0.2) is 0 Å². The fourth-order valence-corrected chi connectivity index (χ4v) is 2.28. The van der Waals surface area contributed by atoms with Gasteiger partial charge in [-0.1, -0.05) is 6.07 Å². The summed E-state index contributed by atoms with van der Waals surface area (Å²) in [6.45, 7) is 5.34. The summed E-state index contributed by atoms with van der Waals surface area (Å²) in [5.74, 6) is 1.65. The smallest absolute Gasteiger partial charge is 0.231 e. The van der Waals surface area contributed by atoms with Crippen molar-refractivity contribution in [1.29, 1.82) is 0 Å². The van der Waals surface area contributed by atoms with Gasteiger partial charge in [0.25, 0.3) is 0 Å². The van der Waals surface area contributed by atoms with Crippen LogP contribution in [-0.4, -0.2) is 16.6 Å². The molecule has 0 bridgehead atoms. The van der Waals surface area contributed by atoms with Crippen LogP contribution in [0.25, 0.3) is 0 Å². The third kappa shape index (κ3) is 2.36. The van der Waals surface area contributed by atoms with Crippen molar-refractivity contribution < 1.29 is 9.47 Å². The first-order valence-corrected chi connectivity index (χ1v) is 6.75. The van der Waals surface area contributed by atoms with E-state index in [-0.39, 0.29) is 6.04 Å². The Kier molecular flexibility index (Phi) is 3.36. The van der Waals surface area contributed by atoms with Crippen LogP contribution in [0.15, 0.2) is 24.4 Å². The number of aryl methyl sites for hydroxylation is 1. The van der Waals surface area contributed by atoms with Crippen LogP contribution in [0.4, 0.5) is 0 Å². The standard InChI is InChI=1S/C15H19N3O2/c1-10(16-7-13-8-17-18(3)11(13)2)12-4-5-14-15(6-12)20-9-19-14/h4-6,8,10,16H,7,9H2,1-3H3. The van der Waals surface area contributed by atoms with E-state index in [4.69, 9.17) is 9.47 Å². The van der Waals surface area contributed by atoms with Gasteiger partial charge >= 0.3 is 0 Å². The minimum Gasteiger partial charge on any atom is -0.454 e. The molecule has 1 aromatic carbocycles. The molecule has 1 aliphatic rings. The summed E-state index contributed by atoms with van der Waals surface area (Å²) in [5.41, 5.74) is 3.60. The van der Waals surface area contributed by atoms with Crippen molar-refractivity contribution in [2.45, 2.75) is 26.4 Å². The molecule has 5 nitrogen and oxygen atoms in total. The molecule has 1 atom stereocenters. The lowest BCUT2D eigenvalue weighted by Crippen LogP contribution is -2.18. The van der Waals surface area contributed by atoms with Gasteiger partial charge in [-0.15, -0.1) is 0 Å². The normalized spacial score (nSPS) is 14.6. The second kappa shape index (κ2) is 5.17. The Morgan fingerprint density at radius 3 is 2.90 bits per heavy atom. The van der Waals surface area contributed by atoms with Crippen LogP contribution in [0.2, 0.25) is 0 Å². The molecule has 20 heavy (non-hydrogen) atoms. The Balaban J connectivity index is 1.67. The molecule has 3 rings (SSSR count). The molecule has 1 aliphatic heterocycles. The lowest BCUT2D eigenvalue weighted by atomic mass is 10.1. The highest BCUT2D eigenvalue weighted by atomic mass is 16.7. The average molecular weight is 273 g/mol. The van der Waals surface area contributed by atoms with Gasteiger partial charge in [-0.2, -0.15) is 5.10 Å². The summed E-state index contributed by atoms with van der Waals surface area (Å²) in [7, 11) is 1.96. The van der Waals surface area contributed by atoms with Crippen LogP contribution >= 0.6 is 0 Å². The van der Waals surface area contributed by atoms with E-state index in [0.717, 1.165) is 18.0 Å². The first-order valence-electron chi connectivity index (χ1n) is 6.75. The molecule has 0 amide bonds. The van der Waals surface area contributed by atoms with Gasteiger partial charge in [0.2, 0.25) is 6.79 Å². The van der Waals surface area contributed by atoms with Crippen molar-refractivity contribution in [3.63, 3.8) is 0 Å². The van der Waals surface area contributed by atoms with E-state index in [0.29, 0.717) is 6.79 Å². The third-order valence-corrected chi connectivity index (χ3v) is 3.83. The molecule has 0 radical (unpaired) electrons. The van der Waals surface area contributed by atoms with Crippen LogP contribution in [0, 0.1) is 6.92 Å². The number of benzene rings is 1. The highest BCUT2D eigenvalue weighted by Crippen LogP contribution is 2.34. The molecule has 5 heteroatoms. The van der Waals surface area contributed by atoms with Crippen molar-refractivity contribution in [2.75, 3.05) is 6.79 Å². The predicted molar refractivity (Wildman–Crippen MR) is 75.8 cm³/mol. The maximum absolute atomic E-state index is 5.41. The van der Waals surface area contributed by atoms with Crippen LogP contribution in [0.5, 0.6) is 11.5 Å². The predicted octanol–water partition coefficient (Wildman–Crippen LogP) is 2.31. The average Bonchev–Trinajstić information content (AvgIpc) is 3.04. The number of nitrogens with zero attached hydrogens (tertiary/aromatic N) is 2. The number of hydrogen-bond acceptors (Lipinski definition) is 4. The molecule has 0 saturated heterocycles. The van der Waals surface area contributed by atoms with E-state index < -0.39 is 0 Å². The molecule has 2 heterocycles. The Bertz CT molecular complexity index is 622. The number of rotatable bonds is 4. The fourth-order valence-electron chi connectivity index (χ4n) is 2.28. The summed E-state index contributed by atoms with van der Waals surface area (Å²) in [4.78, 5) is 0. The zero-order valence-corrected chi connectivity index (χ0v) is 12.0. The molecule has 0 saturated carbocycles. The van der Waals surface area contributed by atoms with Gasteiger partial charge in [0.15, 0.2) is 11.5 Å². The van der Waals surface area contributed by atoms with Crippen LogP contribution in [0.1, 0.15) is 29.8 Å². The molecular weight excluding hydrogens is 254 g/mol. The van der Waals surface area contributed by atoms with Crippen LogP contribution in [-0.2, 0) is 13.6 Å². The van der Waals surface area contributed by atoms with Crippen molar-refractivity contribution in [1.82, 2.24) is 15.1 Å². The van der Waals surface area contributed by atoms with E-state index in [9.17, 15) is 0 Å². The third-order valence-electron chi connectivity index (χ3n) is 3.83. The number of ether oxygens (including phenoxy) is 2. The molecule has 0 fully saturated rings.